The van der Waals surface area contributed by atoms with Gasteiger partial charge in [-0.05, 0) is 67.9 Å². The number of hydrogen-bond donors (Lipinski definition) is 1. The van der Waals surface area contributed by atoms with Crippen LogP contribution in [-0.4, -0.2) is 25.0 Å². The number of benzene rings is 4. The molecule has 150 valence electrons. The summed E-state index contributed by atoms with van der Waals surface area (Å²) in [5.41, 5.74) is 1.53. The highest BCUT2D eigenvalue weighted by Gasteiger charge is 2.24. The number of ether oxygens (including phenoxy) is 1. The Morgan fingerprint density at radius 3 is 2.13 bits per heavy atom. The van der Waals surface area contributed by atoms with Gasteiger partial charge in [-0.15, -0.1) is 0 Å². The Balaban J connectivity index is 1.75. The smallest absolute Gasteiger partial charge is 0.328 e. The SMILES string of the molecule is COC(=O)[C@H](Cc1cccc(I)c1)NC(=O)c1c2ccccc2cc2ccccc12. The van der Waals surface area contributed by atoms with Crippen LogP contribution in [0, 0.1) is 3.57 Å². The highest BCUT2D eigenvalue weighted by molar-refractivity contribution is 14.1. The lowest BCUT2D eigenvalue weighted by molar-refractivity contribution is -0.142. The van der Waals surface area contributed by atoms with Gasteiger partial charge in [0.2, 0.25) is 0 Å². The normalized spacial score (nSPS) is 11.9. The van der Waals surface area contributed by atoms with Crippen molar-refractivity contribution in [2.45, 2.75) is 12.5 Å². The predicted octanol–water partition coefficient (Wildman–Crippen LogP) is 5.11. The minimum atomic E-state index is -0.779. The summed E-state index contributed by atoms with van der Waals surface area (Å²) in [5.74, 6) is -0.754. The van der Waals surface area contributed by atoms with Crippen LogP contribution in [0.2, 0.25) is 0 Å². The molecule has 4 nitrogen and oxygen atoms in total. The van der Waals surface area contributed by atoms with E-state index in [1.807, 2.05) is 72.8 Å². The van der Waals surface area contributed by atoms with E-state index in [-0.39, 0.29) is 5.91 Å². The average molecular weight is 509 g/mol. The van der Waals surface area contributed by atoms with Gasteiger partial charge < -0.3 is 10.1 Å². The lowest BCUT2D eigenvalue weighted by Gasteiger charge is -2.18. The lowest BCUT2D eigenvalue weighted by atomic mass is 9.96. The van der Waals surface area contributed by atoms with Crippen molar-refractivity contribution in [3.05, 3.63) is 93.6 Å². The van der Waals surface area contributed by atoms with Crippen molar-refractivity contribution < 1.29 is 14.3 Å². The fourth-order valence-corrected chi connectivity index (χ4v) is 4.33. The number of hydrogen-bond acceptors (Lipinski definition) is 3. The zero-order valence-electron chi connectivity index (χ0n) is 16.4. The summed E-state index contributed by atoms with van der Waals surface area (Å²) in [5, 5.41) is 6.59. The average Bonchev–Trinajstić information content (AvgIpc) is 2.76. The van der Waals surface area contributed by atoms with Gasteiger partial charge in [-0.2, -0.15) is 0 Å². The molecule has 0 bridgehead atoms. The highest BCUT2D eigenvalue weighted by Crippen LogP contribution is 2.28. The molecule has 5 heteroatoms. The van der Waals surface area contributed by atoms with Gasteiger partial charge in [-0.25, -0.2) is 4.79 Å². The number of rotatable bonds is 5. The summed E-state index contributed by atoms with van der Waals surface area (Å²) in [7, 11) is 1.34. The molecule has 0 fully saturated rings. The first-order valence-electron chi connectivity index (χ1n) is 9.60. The molecule has 4 aromatic carbocycles. The molecule has 30 heavy (non-hydrogen) atoms. The Hall–Kier alpha value is -2.93. The first-order chi connectivity index (χ1) is 14.6. The van der Waals surface area contributed by atoms with E-state index in [2.05, 4.69) is 34.0 Å². The van der Waals surface area contributed by atoms with Crippen LogP contribution < -0.4 is 5.32 Å². The van der Waals surface area contributed by atoms with Crippen LogP contribution >= 0.6 is 22.6 Å². The second-order valence-electron chi connectivity index (χ2n) is 7.08. The standard InChI is InChI=1S/C25H20INO3/c1-30-25(29)22(14-16-7-6-10-19(26)13-16)27-24(28)23-20-11-4-2-8-17(20)15-18-9-3-5-12-21(18)23/h2-13,15,22H,14H2,1H3,(H,27,28)/t22-/m0/s1. The van der Waals surface area contributed by atoms with E-state index >= 15 is 0 Å². The Morgan fingerprint density at radius 2 is 1.53 bits per heavy atom. The fraction of sp³-hybridized carbons (Fsp3) is 0.120. The summed E-state index contributed by atoms with van der Waals surface area (Å²) < 4.78 is 6.04. The first kappa shape index (κ1) is 20.3. The zero-order valence-corrected chi connectivity index (χ0v) is 18.6. The van der Waals surface area contributed by atoms with Crippen LogP contribution in [0.3, 0.4) is 0 Å². The summed E-state index contributed by atoms with van der Waals surface area (Å²) in [6, 6.07) is 24.7. The Morgan fingerprint density at radius 1 is 0.900 bits per heavy atom. The number of amides is 1. The molecule has 0 aliphatic heterocycles. The molecule has 0 radical (unpaired) electrons. The van der Waals surface area contributed by atoms with E-state index in [0.717, 1.165) is 30.7 Å². The van der Waals surface area contributed by atoms with Crippen molar-refractivity contribution in [2.75, 3.05) is 7.11 Å². The molecule has 1 amide bonds. The van der Waals surface area contributed by atoms with E-state index in [4.69, 9.17) is 4.74 Å². The van der Waals surface area contributed by atoms with Gasteiger partial charge in [0.25, 0.3) is 5.91 Å². The maximum atomic E-state index is 13.4. The molecule has 1 atom stereocenters. The van der Waals surface area contributed by atoms with Crippen molar-refractivity contribution in [1.82, 2.24) is 5.32 Å². The minimum absolute atomic E-state index is 0.288. The van der Waals surface area contributed by atoms with Crippen molar-refractivity contribution in [3.8, 4) is 0 Å². The molecule has 4 aromatic rings. The first-order valence-corrected chi connectivity index (χ1v) is 10.7. The third-order valence-electron chi connectivity index (χ3n) is 5.12. The fourth-order valence-electron chi connectivity index (χ4n) is 3.72. The summed E-state index contributed by atoms with van der Waals surface area (Å²) >= 11 is 2.23. The molecule has 0 heterocycles. The number of carbonyl (C=O) groups excluding carboxylic acids is 2. The van der Waals surface area contributed by atoms with Crippen LogP contribution in [0.15, 0.2) is 78.9 Å². The maximum Gasteiger partial charge on any atom is 0.328 e. The van der Waals surface area contributed by atoms with Crippen LogP contribution in [-0.2, 0) is 16.0 Å². The molecule has 0 aliphatic rings. The van der Waals surface area contributed by atoms with Gasteiger partial charge in [0.1, 0.15) is 6.04 Å². The third kappa shape index (κ3) is 4.16. The molecular weight excluding hydrogens is 489 g/mol. The number of esters is 1. The zero-order chi connectivity index (χ0) is 21.1. The number of fused-ring (bicyclic) bond motifs is 2. The Kier molecular flexibility index (Phi) is 5.99. The number of methoxy groups -OCH3 is 1. The topological polar surface area (TPSA) is 55.4 Å². The summed E-state index contributed by atoms with van der Waals surface area (Å²) in [4.78, 5) is 25.9. The number of nitrogens with one attached hydrogen (secondary N) is 1. The lowest BCUT2D eigenvalue weighted by Crippen LogP contribution is -2.43. The summed E-state index contributed by atoms with van der Waals surface area (Å²) in [6.45, 7) is 0. The number of halogens is 1. The van der Waals surface area contributed by atoms with Crippen LogP contribution in [0.4, 0.5) is 0 Å². The van der Waals surface area contributed by atoms with Gasteiger partial charge in [-0.3, -0.25) is 4.79 Å². The van der Waals surface area contributed by atoms with Crippen LogP contribution in [0.25, 0.3) is 21.5 Å². The van der Waals surface area contributed by atoms with E-state index in [1.54, 1.807) is 0 Å². The molecule has 0 aliphatic carbocycles. The van der Waals surface area contributed by atoms with Gasteiger partial charge in [0.15, 0.2) is 0 Å². The predicted molar refractivity (Wildman–Crippen MR) is 128 cm³/mol. The largest absolute Gasteiger partial charge is 0.467 e. The molecule has 0 aromatic heterocycles. The highest BCUT2D eigenvalue weighted by atomic mass is 127. The Bertz CT molecular complexity index is 1200. The van der Waals surface area contributed by atoms with E-state index in [9.17, 15) is 9.59 Å². The van der Waals surface area contributed by atoms with Gasteiger partial charge >= 0.3 is 5.97 Å². The maximum absolute atomic E-state index is 13.4. The van der Waals surface area contributed by atoms with E-state index < -0.39 is 12.0 Å². The Labute approximate surface area is 188 Å². The minimum Gasteiger partial charge on any atom is -0.467 e. The third-order valence-corrected chi connectivity index (χ3v) is 5.79. The van der Waals surface area contributed by atoms with Crippen molar-refractivity contribution in [1.29, 1.82) is 0 Å². The second kappa shape index (κ2) is 8.83. The molecular formula is C25H20INO3. The monoisotopic (exact) mass is 509 g/mol. The molecule has 4 rings (SSSR count). The van der Waals surface area contributed by atoms with Crippen molar-refractivity contribution in [2.24, 2.45) is 0 Å². The van der Waals surface area contributed by atoms with Gasteiger partial charge in [-0.1, -0.05) is 60.7 Å². The van der Waals surface area contributed by atoms with Crippen molar-refractivity contribution >= 4 is 56.0 Å². The van der Waals surface area contributed by atoms with Gasteiger partial charge in [0.05, 0.1) is 12.7 Å². The molecule has 0 saturated carbocycles. The van der Waals surface area contributed by atoms with Crippen LogP contribution in [0.1, 0.15) is 15.9 Å². The van der Waals surface area contributed by atoms with Gasteiger partial charge in [0, 0.05) is 9.99 Å². The summed E-state index contributed by atoms with van der Waals surface area (Å²) in [6.07, 6.45) is 0.359. The van der Waals surface area contributed by atoms with Crippen LogP contribution in [0.5, 0.6) is 0 Å². The van der Waals surface area contributed by atoms with Crippen molar-refractivity contribution in [3.63, 3.8) is 0 Å². The number of carbonyl (C=O) groups is 2. The molecule has 0 spiro atoms. The quantitative estimate of drug-likeness (QED) is 0.231. The molecule has 1 N–H and O–H groups in total. The second-order valence-corrected chi connectivity index (χ2v) is 8.32. The molecule has 0 saturated heterocycles. The molecule has 0 unspecified atom stereocenters. The van der Waals surface area contributed by atoms with E-state index in [1.165, 1.54) is 7.11 Å². The van der Waals surface area contributed by atoms with E-state index in [0.29, 0.717) is 12.0 Å².